The Bertz CT molecular complexity index is 398. The van der Waals surface area contributed by atoms with Crippen LogP contribution < -0.4 is 10.1 Å². The molecule has 5 heteroatoms. The molecule has 2 N–H and O–H groups in total. The third-order valence-electron chi connectivity index (χ3n) is 3.19. The van der Waals surface area contributed by atoms with Gasteiger partial charge in [0, 0.05) is 18.3 Å². The van der Waals surface area contributed by atoms with E-state index in [2.05, 4.69) is 15.3 Å². The number of hydrogen-bond acceptors (Lipinski definition) is 5. The van der Waals surface area contributed by atoms with Gasteiger partial charge in [-0.1, -0.05) is 0 Å². The monoisotopic (exact) mass is 251 g/mol. The molecule has 1 aromatic rings. The molecule has 1 aliphatic carbocycles. The molecule has 5 nitrogen and oxygen atoms in total. The average Bonchev–Trinajstić information content (AvgIpc) is 2.72. The Morgan fingerprint density at radius 3 is 2.94 bits per heavy atom. The van der Waals surface area contributed by atoms with Gasteiger partial charge in [0.2, 0.25) is 11.8 Å². The normalized spacial score (nSPS) is 23.1. The Hall–Kier alpha value is -1.36. The summed E-state index contributed by atoms with van der Waals surface area (Å²) in [4.78, 5) is 8.63. The van der Waals surface area contributed by atoms with Gasteiger partial charge >= 0.3 is 0 Å². The molecule has 2 atom stereocenters. The molecule has 1 saturated carbocycles. The van der Waals surface area contributed by atoms with Crippen molar-refractivity contribution in [3.63, 3.8) is 0 Å². The lowest BCUT2D eigenvalue weighted by atomic mass is 10.1. The highest BCUT2D eigenvalue weighted by Crippen LogP contribution is 2.25. The van der Waals surface area contributed by atoms with Crippen molar-refractivity contribution >= 4 is 5.95 Å². The summed E-state index contributed by atoms with van der Waals surface area (Å²) in [7, 11) is 0. The molecule has 0 saturated heterocycles. The fourth-order valence-corrected chi connectivity index (χ4v) is 2.31. The topological polar surface area (TPSA) is 67.3 Å². The summed E-state index contributed by atoms with van der Waals surface area (Å²) in [5.74, 6) is 1.73. The van der Waals surface area contributed by atoms with Crippen molar-refractivity contribution in [2.75, 3.05) is 18.5 Å². The molecule has 1 aliphatic rings. The van der Waals surface area contributed by atoms with Crippen LogP contribution in [0.2, 0.25) is 0 Å². The number of anilines is 1. The molecule has 1 fully saturated rings. The van der Waals surface area contributed by atoms with E-state index >= 15 is 0 Å². The quantitative estimate of drug-likeness (QED) is 0.834. The van der Waals surface area contributed by atoms with Crippen LogP contribution >= 0.6 is 0 Å². The lowest BCUT2D eigenvalue weighted by molar-refractivity contribution is 0.178. The first-order chi connectivity index (χ1) is 8.67. The van der Waals surface area contributed by atoms with Gasteiger partial charge in [-0.3, -0.25) is 0 Å². The summed E-state index contributed by atoms with van der Waals surface area (Å²) in [6.07, 6.45) is 2.72. The van der Waals surface area contributed by atoms with Crippen molar-refractivity contribution in [1.82, 2.24) is 9.97 Å². The van der Waals surface area contributed by atoms with E-state index in [1.807, 2.05) is 19.9 Å². The lowest BCUT2D eigenvalue weighted by Crippen LogP contribution is -2.15. The molecule has 2 unspecified atom stereocenters. The molecule has 0 spiro atoms. The van der Waals surface area contributed by atoms with E-state index in [1.165, 1.54) is 0 Å². The summed E-state index contributed by atoms with van der Waals surface area (Å²) < 4.78 is 5.39. The van der Waals surface area contributed by atoms with Crippen LogP contribution in [0.3, 0.4) is 0 Å². The predicted octanol–water partition coefficient (Wildman–Crippen LogP) is 1.76. The molecule has 100 valence electrons. The number of nitrogens with zero attached hydrogens (tertiary/aromatic N) is 2. The molecule has 18 heavy (non-hydrogen) atoms. The van der Waals surface area contributed by atoms with Crippen LogP contribution in [0.5, 0.6) is 5.88 Å². The van der Waals surface area contributed by atoms with Gasteiger partial charge < -0.3 is 15.2 Å². The van der Waals surface area contributed by atoms with Gasteiger partial charge in [-0.05, 0) is 39.0 Å². The van der Waals surface area contributed by atoms with Gasteiger partial charge in [-0.15, -0.1) is 0 Å². The van der Waals surface area contributed by atoms with E-state index in [1.54, 1.807) is 0 Å². The zero-order valence-corrected chi connectivity index (χ0v) is 11.0. The SMILES string of the molecule is CCOc1cc(C)nc(NCC2CCC(O)C2)n1. The maximum atomic E-state index is 9.48. The van der Waals surface area contributed by atoms with Crippen LogP contribution in [0.4, 0.5) is 5.95 Å². The molecule has 1 heterocycles. The van der Waals surface area contributed by atoms with Gasteiger partial charge in [0.1, 0.15) is 0 Å². The minimum absolute atomic E-state index is 0.130. The molecular weight excluding hydrogens is 230 g/mol. The zero-order valence-electron chi connectivity index (χ0n) is 11.0. The highest BCUT2D eigenvalue weighted by Gasteiger charge is 2.22. The van der Waals surface area contributed by atoms with Crippen LogP contribution in [0.1, 0.15) is 31.9 Å². The van der Waals surface area contributed by atoms with Gasteiger partial charge in [0.25, 0.3) is 0 Å². The average molecular weight is 251 g/mol. The third-order valence-corrected chi connectivity index (χ3v) is 3.19. The van der Waals surface area contributed by atoms with Crippen molar-refractivity contribution in [3.8, 4) is 5.88 Å². The van der Waals surface area contributed by atoms with Crippen LogP contribution in [0.25, 0.3) is 0 Å². The Balaban J connectivity index is 1.92. The van der Waals surface area contributed by atoms with Gasteiger partial charge in [-0.2, -0.15) is 4.98 Å². The van der Waals surface area contributed by atoms with Crippen LogP contribution in [0, 0.1) is 12.8 Å². The molecule has 0 bridgehead atoms. The summed E-state index contributed by atoms with van der Waals surface area (Å²) >= 11 is 0. The minimum Gasteiger partial charge on any atom is -0.478 e. The molecule has 1 aromatic heterocycles. The molecular formula is C13H21N3O2. The minimum atomic E-state index is -0.130. The van der Waals surface area contributed by atoms with E-state index in [-0.39, 0.29) is 6.10 Å². The van der Waals surface area contributed by atoms with Gasteiger partial charge in [-0.25, -0.2) is 4.98 Å². The van der Waals surface area contributed by atoms with E-state index in [9.17, 15) is 5.11 Å². The summed E-state index contributed by atoms with van der Waals surface area (Å²) in [6.45, 7) is 5.27. The van der Waals surface area contributed by atoms with E-state index in [4.69, 9.17) is 4.74 Å². The standard InChI is InChI=1S/C13H21N3O2/c1-3-18-12-6-9(2)15-13(16-12)14-8-10-4-5-11(17)7-10/h6,10-11,17H,3-5,7-8H2,1-2H3,(H,14,15,16). The first-order valence-electron chi connectivity index (χ1n) is 6.57. The highest BCUT2D eigenvalue weighted by atomic mass is 16.5. The lowest BCUT2D eigenvalue weighted by Gasteiger charge is -2.12. The number of ether oxygens (including phenoxy) is 1. The Kier molecular flexibility index (Phi) is 4.36. The second kappa shape index (κ2) is 6.00. The van der Waals surface area contributed by atoms with Crippen molar-refractivity contribution in [2.45, 2.75) is 39.2 Å². The van der Waals surface area contributed by atoms with Crippen LogP contribution in [-0.4, -0.2) is 34.3 Å². The predicted molar refractivity (Wildman–Crippen MR) is 69.8 cm³/mol. The Morgan fingerprint density at radius 1 is 1.44 bits per heavy atom. The maximum absolute atomic E-state index is 9.48. The first-order valence-corrected chi connectivity index (χ1v) is 6.57. The largest absolute Gasteiger partial charge is 0.478 e. The molecule has 0 amide bonds. The smallest absolute Gasteiger partial charge is 0.226 e. The third kappa shape index (κ3) is 3.57. The second-order valence-corrected chi connectivity index (χ2v) is 4.82. The second-order valence-electron chi connectivity index (χ2n) is 4.82. The van der Waals surface area contributed by atoms with Crippen molar-refractivity contribution in [1.29, 1.82) is 0 Å². The number of aliphatic hydroxyl groups is 1. The summed E-state index contributed by atoms with van der Waals surface area (Å²) in [6, 6.07) is 1.83. The number of hydrogen-bond donors (Lipinski definition) is 2. The van der Waals surface area contributed by atoms with Crippen LogP contribution in [-0.2, 0) is 0 Å². The van der Waals surface area contributed by atoms with E-state index < -0.39 is 0 Å². The Labute approximate surface area is 108 Å². The summed E-state index contributed by atoms with van der Waals surface area (Å²) in [5, 5.41) is 12.7. The fourth-order valence-electron chi connectivity index (χ4n) is 2.31. The highest BCUT2D eigenvalue weighted by molar-refractivity contribution is 5.30. The van der Waals surface area contributed by atoms with Crippen molar-refractivity contribution in [3.05, 3.63) is 11.8 Å². The Morgan fingerprint density at radius 2 is 2.28 bits per heavy atom. The molecule has 0 aliphatic heterocycles. The van der Waals surface area contributed by atoms with Gasteiger partial charge in [0.15, 0.2) is 0 Å². The number of rotatable bonds is 5. The van der Waals surface area contributed by atoms with Gasteiger partial charge in [0.05, 0.1) is 12.7 Å². The zero-order chi connectivity index (χ0) is 13.0. The number of aliphatic hydroxyl groups excluding tert-OH is 1. The van der Waals surface area contributed by atoms with Crippen molar-refractivity contribution < 1.29 is 9.84 Å². The fraction of sp³-hybridized carbons (Fsp3) is 0.692. The molecule has 0 radical (unpaired) electrons. The van der Waals surface area contributed by atoms with Crippen LogP contribution in [0.15, 0.2) is 6.07 Å². The van der Waals surface area contributed by atoms with E-state index in [0.717, 1.165) is 31.5 Å². The maximum Gasteiger partial charge on any atom is 0.226 e. The molecule has 2 rings (SSSR count). The first kappa shape index (κ1) is 13.1. The van der Waals surface area contributed by atoms with Crippen molar-refractivity contribution in [2.24, 2.45) is 5.92 Å². The number of aromatic nitrogens is 2. The summed E-state index contributed by atoms with van der Waals surface area (Å²) in [5.41, 5.74) is 0.891. The van der Waals surface area contributed by atoms with E-state index in [0.29, 0.717) is 24.4 Å². The number of nitrogens with one attached hydrogen (secondary N) is 1. The molecule has 0 aromatic carbocycles. The number of aryl methyl sites for hydroxylation is 1.